The molecule has 0 N–H and O–H groups in total. The first-order chi connectivity index (χ1) is 5.13. The van der Waals surface area contributed by atoms with Crippen molar-refractivity contribution in [2.75, 3.05) is 6.61 Å². The number of esters is 1. The lowest BCUT2D eigenvalue weighted by molar-refractivity contribution is -0.152. The molecule has 3 nitrogen and oxygen atoms in total. The van der Waals surface area contributed by atoms with Crippen molar-refractivity contribution < 1.29 is 18.7 Å². The van der Waals surface area contributed by atoms with E-state index in [1.807, 2.05) is 0 Å². The number of halogens is 1. The highest BCUT2D eigenvalue weighted by atomic mass is 19.1. The molecule has 0 heterocycles. The van der Waals surface area contributed by atoms with Crippen LogP contribution in [0.4, 0.5) is 4.39 Å². The Morgan fingerprint density at radius 3 is 2.36 bits per heavy atom. The van der Waals surface area contributed by atoms with E-state index in [9.17, 15) is 14.0 Å². The third kappa shape index (κ3) is 3.11. The zero-order chi connectivity index (χ0) is 8.85. The molecule has 0 unspecified atom stereocenters. The van der Waals surface area contributed by atoms with Crippen LogP contribution in [-0.4, -0.2) is 24.5 Å². The molecule has 0 saturated carbocycles. The van der Waals surface area contributed by atoms with E-state index in [4.69, 9.17) is 0 Å². The van der Waals surface area contributed by atoms with Gasteiger partial charge in [0.1, 0.15) is 0 Å². The summed E-state index contributed by atoms with van der Waals surface area (Å²) in [5.41, 5.74) is 0. The lowest BCUT2D eigenvalue weighted by Gasteiger charge is -2.03. The summed E-state index contributed by atoms with van der Waals surface area (Å²) in [5.74, 6) is -1.82. The maximum absolute atomic E-state index is 12.6. The zero-order valence-electron chi connectivity index (χ0n) is 6.59. The van der Waals surface area contributed by atoms with E-state index >= 15 is 0 Å². The van der Waals surface area contributed by atoms with Crippen molar-refractivity contribution in [3.05, 3.63) is 0 Å². The van der Waals surface area contributed by atoms with E-state index in [1.54, 1.807) is 6.92 Å². The molecule has 0 fully saturated rings. The van der Waals surface area contributed by atoms with Gasteiger partial charge in [0.05, 0.1) is 6.61 Å². The topological polar surface area (TPSA) is 43.4 Å². The van der Waals surface area contributed by atoms with Gasteiger partial charge in [0, 0.05) is 6.42 Å². The Bertz CT molecular complexity index is 156. The van der Waals surface area contributed by atoms with Crippen LogP contribution in [-0.2, 0) is 14.3 Å². The fourth-order valence-electron chi connectivity index (χ4n) is 0.526. The van der Waals surface area contributed by atoms with E-state index in [2.05, 4.69) is 4.74 Å². The van der Waals surface area contributed by atoms with Gasteiger partial charge >= 0.3 is 5.97 Å². The van der Waals surface area contributed by atoms with Crippen molar-refractivity contribution in [1.82, 2.24) is 0 Å². The molecule has 0 aromatic carbocycles. The molecular formula is C7H11FO3. The minimum absolute atomic E-state index is 0.0139. The third-order valence-electron chi connectivity index (χ3n) is 1.12. The molecule has 0 aromatic rings. The first-order valence-electron chi connectivity index (χ1n) is 3.46. The van der Waals surface area contributed by atoms with Gasteiger partial charge in [0.2, 0.25) is 0 Å². The monoisotopic (exact) mass is 162 g/mol. The first-order valence-corrected chi connectivity index (χ1v) is 3.46. The predicted octanol–water partition coefficient (Wildman–Crippen LogP) is 0.867. The molecular weight excluding hydrogens is 151 g/mol. The molecule has 0 aliphatic rings. The second-order valence-electron chi connectivity index (χ2n) is 1.93. The van der Waals surface area contributed by atoms with E-state index in [1.165, 1.54) is 6.92 Å². The Morgan fingerprint density at radius 2 is 2.00 bits per heavy atom. The van der Waals surface area contributed by atoms with Gasteiger partial charge in [-0.1, -0.05) is 6.92 Å². The maximum Gasteiger partial charge on any atom is 0.348 e. The fourth-order valence-corrected chi connectivity index (χ4v) is 0.526. The zero-order valence-corrected chi connectivity index (χ0v) is 6.59. The number of carbonyl (C=O) groups excluding carboxylic acids is 2. The Hall–Kier alpha value is -0.930. The second-order valence-corrected chi connectivity index (χ2v) is 1.93. The normalized spacial score (nSPS) is 12.3. The van der Waals surface area contributed by atoms with E-state index in [-0.39, 0.29) is 13.0 Å². The Labute approximate surface area is 64.5 Å². The number of alkyl halides is 1. The van der Waals surface area contributed by atoms with Crippen LogP contribution in [0.15, 0.2) is 0 Å². The lowest BCUT2D eigenvalue weighted by Crippen LogP contribution is -2.27. The summed E-state index contributed by atoms with van der Waals surface area (Å²) < 4.78 is 16.8. The van der Waals surface area contributed by atoms with Crippen molar-refractivity contribution in [3.63, 3.8) is 0 Å². The van der Waals surface area contributed by atoms with Gasteiger partial charge in [-0.05, 0) is 6.92 Å². The average Bonchev–Trinajstić information content (AvgIpc) is 2.02. The van der Waals surface area contributed by atoms with Crippen LogP contribution < -0.4 is 0 Å². The minimum atomic E-state index is -2.10. The second kappa shape index (κ2) is 4.82. The Balaban J connectivity index is 3.91. The van der Waals surface area contributed by atoms with Crippen molar-refractivity contribution in [2.24, 2.45) is 0 Å². The van der Waals surface area contributed by atoms with E-state index < -0.39 is 17.9 Å². The lowest BCUT2D eigenvalue weighted by atomic mass is 10.2. The number of Topliss-reactive ketones (excluding diaryl/α,β-unsaturated/α-hetero) is 1. The molecule has 64 valence electrons. The van der Waals surface area contributed by atoms with Crippen molar-refractivity contribution in [2.45, 2.75) is 26.4 Å². The highest BCUT2D eigenvalue weighted by Crippen LogP contribution is 1.99. The van der Waals surface area contributed by atoms with Gasteiger partial charge in [0.15, 0.2) is 5.78 Å². The smallest absolute Gasteiger partial charge is 0.348 e. The molecule has 0 spiro atoms. The third-order valence-corrected chi connectivity index (χ3v) is 1.12. The molecule has 11 heavy (non-hydrogen) atoms. The van der Waals surface area contributed by atoms with Gasteiger partial charge in [-0.3, -0.25) is 4.79 Å². The summed E-state index contributed by atoms with van der Waals surface area (Å²) in [7, 11) is 0. The molecule has 1 atom stereocenters. The van der Waals surface area contributed by atoms with E-state index in [0.29, 0.717) is 0 Å². The van der Waals surface area contributed by atoms with E-state index in [0.717, 1.165) is 0 Å². The van der Waals surface area contributed by atoms with Crippen LogP contribution >= 0.6 is 0 Å². The van der Waals surface area contributed by atoms with Crippen LogP contribution in [0.2, 0.25) is 0 Å². The molecule has 0 bridgehead atoms. The van der Waals surface area contributed by atoms with Crippen LogP contribution in [0, 0.1) is 0 Å². The Morgan fingerprint density at radius 1 is 1.45 bits per heavy atom. The highest BCUT2D eigenvalue weighted by Gasteiger charge is 2.25. The highest BCUT2D eigenvalue weighted by molar-refractivity contribution is 6.01. The summed E-state index contributed by atoms with van der Waals surface area (Å²) in [6.07, 6.45) is -2.08. The maximum atomic E-state index is 12.6. The predicted molar refractivity (Wildman–Crippen MR) is 36.8 cm³/mol. The van der Waals surface area contributed by atoms with Crippen LogP contribution in [0.5, 0.6) is 0 Å². The van der Waals surface area contributed by atoms with Gasteiger partial charge in [-0.2, -0.15) is 0 Å². The van der Waals surface area contributed by atoms with Gasteiger partial charge in [-0.15, -0.1) is 0 Å². The van der Waals surface area contributed by atoms with Gasteiger partial charge in [0.25, 0.3) is 6.17 Å². The van der Waals surface area contributed by atoms with Crippen LogP contribution in [0.3, 0.4) is 0 Å². The van der Waals surface area contributed by atoms with Gasteiger partial charge in [-0.25, -0.2) is 9.18 Å². The molecule has 4 heteroatoms. The first kappa shape index (κ1) is 10.1. The summed E-state index contributed by atoms with van der Waals surface area (Å²) in [4.78, 5) is 21.1. The quantitative estimate of drug-likeness (QED) is 0.455. The number of hydrogen-bond donors (Lipinski definition) is 0. The molecule has 0 rings (SSSR count). The number of ketones is 1. The summed E-state index contributed by atoms with van der Waals surface area (Å²) in [5, 5.41) is 0. The average molecular weight is 162 g/mol. The number of hydrogen-bond acceptors (Lipinski definition) is 3. The summed E-state index contributed by atoms with van der Waals surface area (Å²) >= 11 is 0. The summed E-state index contributed by atoms with van der Waals surface area (Å²) in [6, 6.07) is 0. The molecule has 0 amide bonds. The van der Waals surface area contributed by atoms with Crippen molar-refractivity contribution >= 4 is 11.8 Å². The standard InChI is InChI=1S/C7H11FO3/c1-3-5(9)6(8)7(10)11-4-2/h6H,3-4H2,1-2H3/t6-/m0/s1. The SMILES string of the molecule is CCOC(=O)[C@@H](F)C(=O)CC. The van der Waals surface area contributed by atoms with Crippen LogP contribution in [0.1, 0.15) is 20.3 Å². The summed E-state index contributed by atoms with van der Waals surface area (Å²) in [6.45, 7) is 3.14. The molecule has 0 aliphatic heterocycles. The Kier molecular flexibility index (Phi) is 4.41. The molecule has 0 aromatic heterocycles. The molecule has 0 radical (unpaired) electrons. The van der Waals surface area contributed by atoms with Crippen LogP contribution in [0.25, 0.3) is 0 Å². The van der Waals surface area contributed by atoms with Crippen molar-refractivity contribution in [3.8, 4) is 0 Å². The number of carbonyl (C=O) groups is 2. The molecule has 0 aliphatic carbocycles. The number of rotatable bonds is 4. The largest absolute Gasteiger partial charge is 0.463 e. The number of ether oxygens (including phenoxy) is 1. The van der Waals surface area contributed by atoms with Crippen molar-refractivity contribution in [1.29, 1.82) is 0 Å². The minimum Gasteiger partial charge on any atom is -0.463 e. The van der Waals surface area contributed by atoms with Gasteiger partial charge < -0.3 is 4.74 Å². The molecule has 0 saturated heterocycles. The fraction of sp³-hybridized carbons (Fsp3) is 0.714.